The number of nitrogens with zero attached hydrogens (tertiary/aromatic N) is 1. The van der Waals surface area contributed by atoms with E-state index >= 15 is 0 Å². The highest BCUT2D eigenvalue weighted by molar-refractivity contribution is 9.10. The van der Waals surface area contributed by atoms with Crippen LogP contribution in [0.2, 0.25) is 5.02 Å². The molecule has 5 heteroatoms. The molecule has 0 aliphatic rings. The predicted molar refractivity (Wildman–Crippen MR) is 68.0 cm³/mol. The molecule has 0 unspecified atom stereocenters. The molecule has 0 radical (unpaired) electrons. The van der Waals surface area contributed by atoms with Gasteiger partial charge in [-0.2, -0.15) is 0 Å². The van der Waals surface area contributed by atoms with Crippen LogP contribution in [0.5, 0.6) is 5.75 Å². The molecular weight excluding hydrogens is 291 g/mol. The van der Waals surface area contributed by atoms with Crippen LogP contribution in [0.15, 0.2) is 22.8 Å². The SMILES string of the molecule is COc1ccc(-c2nc(C)[nH]c2Br)cc1Cl. The van der Waals surface area contributed by atoms with Gasteiger partial charge in [0.15, 0.2) is 0 Å². The summed E-state index contributed by atoms with van der Waals surface area (Å²) in [5.74, 6) is 1.52. The van der Waals surface area contributed by atoms with Gasteiger partial charge < -0.3 is 9.72 Å². The molecular formula is C11H10BrClN2O. The summed E-state index contributed by atoms with van der Waals surface area (Å²) in [5, 5.41) is 0.576. The number of methoxy groups -OCH3 is 1. The number of aryl methyl sites for hydroxylation is 1. The molecule has 2 aromatic rings. The summed E-state index contributed by atoms with van der Waals surface area (Å²) < 4.78 is 5.95. The molecule has 1 heterocycles. The molecule has 0 amide bonds. The van der Waals surface area contributed by atoms with Crippen molar-refractivity contribution in [3.05, 3.63) is 33.6 Å². The van der Waals surface area contributed by atoms with Gasteiger partial charge in [0.2, 0.25) is 0 Å². The van der Waals surface area contributed by atoms with Crippen LogP contribution in [0.3, 0.4) is 0 Å². The standard InChI is InChI=1S/C11H10BrClN2O/c1-6-14-10(11(12)15-6)7-3-4-9(16-2)8(13)5-7/h3-5H,1-2H3,(H,14,15). The highest BCUT2D eigenvalue weighted by atomic mass is 79.9. The van der Waals surface area contributed by atoms with Crippen LogP contribution in [0.25, 0.3) is 11.3 Å². The fraction of sp³-hybridized carbons (Fsp3) is 0.182. The summed E-state index contributed by atoms with van der Waals surface area (Å²) in [4.78, 5) is 7.46. The summed E-state index contributed by atoms with van der Waals surface area (Å²) in [7, 11) is 1.59. The Morgan fingerprint density at radius 2 is 2.19 bits per heavy atom. The molecule has 0 bridgehead atoms. The Morgan fingerprint density at radius 3 is 2.69 bits per heavy atom. The molecule has 0 atom stereocenters. The van der Waals surface area contributed by atoms with E-state index in [2.05, 4.69) is 25.9 Å². The first kappa shape index (κ1) is 11.5. The molecule has 0 spiro atoms. The number of nitrogens with one attached hydrogen (secondary N) is 1. The number of rotatable bonds is 2. The lowest BCUT2D eigenvalue weighted by atomic mass is 10.1. The highest BCUT2D eigenvalue weighted by Crippen LogP contribution is 2.32. The normalized spacial score (nSPS) is 10.5. The quantitative estimate of drug-likeness (QED) is 0.916. The molecule has 0 saturated carbocycles. The van der Waals surface area contributed by atoms with Gasteiger partial charge in [0.1, 0.15) is 21.9 Å². The van der Waals surface area contributed by atoms with Gasteiger partial charge in [-0.05, 0) is 41.1 Å². The third-order valence-electron chi connectivity index (χ3n) is 2.20. The zero-order valence-corrected chi connectivity index (χ0v) is 11.2. The van der Waals surface area contributed by atoms with Crippen molar-refractivity contribution in [2.24, 2.45) is 0 Å². The predicted octanol–water partition coefficient (Wildman–Crippen LogP) is 3.81. The van der Waals surface area contributed by atoms with E-state index < -0.39 is 0 Å². The number of aromatic amines is 1. The minimum absolute atomic E-state index is 0.576. The van der Waals surface area contributed by atoms with Crippen LogP contribution >= 0.6 is 27.5 Å². The van der Waals surface area contributed by atoms with Crippen LogP contribution in [0.1, 0.15) is 5.82 Å². The third-order valence-corrected chi connectivity index (χ3v) is 3.07. The number of aromatic nitrogens is 2. The second-order valence-electron chi connectivity index (χ2n) is 3.33. The minimum Gasteiger partial charge on any atom is -0.495 e. The number of hydrogen-bond donors (Lipinski definition) is 1. The second kappa shape index (κ2) is 4.47. The Balaban J connectivity index is 2.49. The van der Waals surface area contributed by atoms with E-state index in [4.69, 9.17) is 16.3 Å². The minimum atomic E-state index is 0.576. The second-order valence-corrected chi connectivity index (χ2v) is 4.53. The molecule has 1 aromatic carbocycles. The number of halogens is 2. The maximum Gasteiger partial charge on any atom is 0.137 e. The molecule has 1 N–H and O–H groups in total. The van der Waals surface area contributed by atoms with Gasteiger partial charge in [0.05, 0.1) is 12.1 Å². The van der Waals surface area contributed by atoms with Crippen LogP contribution in [-0.4, -0.2) is 17.1 Å². The van der Waals surface area contributed by atoms with Crippen molar-refractivity contribution in [3.8, 4) is 17.0 Å². The smallest absolute Gasteiger partial charge is 0.137 e. The largest absolute Gasteiger partial charge is 0.495 e. The van der Waals surface area contributed by atoms with Gasteiger partial charge in [-0.25, -0.2) is 4.98 Å². The number of imidazole rings is 1. The van der Waals surface area contributed by atoms with Gasteiger partial charge in [0.25, 0.3) is 0 Å². The third kappa shape index (κ3) is 2.08. The number of H-pyrrole nitrogens is 1. The maximum atomic E-state index is 6.06. The molecule has 84 valence electrons. The summed E-state index contributed by atoms with van der Waals surface area (Å²) >= 11 is 9.48. The van der Waals surface area contributed by atoms with Crippen LogP contribution < -0.4 is 4.74 Å². The molecule has 0 aliphatic carbocycles. The summed E-state index contributed by atoms with van der Waals surface area (Å²) in [5.41, 5.74) is 1.80. The van der Waals surface area contributed by atoms with Crippen LogP contribution in [-0.2, 0) is 0 Å². The first-order valence-electron chi connectivity index (χ1n) is 4.68. The Hall–Kier alpha value is -1.00. The van der Waals surface area contributed by atoms with E-state index in [9.17, 15) is 0 Å². The highest BCUT2D eigenvalue weighted by Gasteiger charge is 2.10. The lowest BCUT2D eigenvalue weighted by Gasteiger charge is -2.04. The Morgan fingerprint density at radius 1 is 1.44 bits per heavy atom. The van der Waals surface area contributed by atoms with Crippen LogP contribution in [0, 0.1) is 6.92 Å². The summed E-state index contributed by atoms with van der Waals surface area (Å²) in [6.07, 6.45) is 0. The lowest BCUT2D eigenvalue weighted by Crippen LogP contribution is -1.85. The zero-order valence-electron chi connectivity index (χ0n) is 8.84. The maximum absolute atomic E-state index is 6.06. The van der Waals surface area contributed by atoms with Crippen molar-refractivity contribution in [2.45, 2.75) is 6.92 Å². The van der Waals surface area contributed by atoms with Gasteiger partial charge in [-0.3, -0.25) is 0 Å². The summed E-state index contributed by atoms with van der Waals surface area (Å²) in [6.45, 7) is 1.90. The molecule has 0 saturated heterocycles. The van der Waals surface area contributed by atoms with Crippen molar-refractivity contribution >= 4 is 27.5 Å². The Bertz CT molecular complexity index is 525. The van der Waals surface area contributed by atoms with E-state index in [0.29, 0.717) is 10.8 Å². The monoisotopic (exact) mass is 300 g/mol. The molecule has 2 rings (SSSR count). The Labute approximate surface area is 107 Å². The van der Waals surface area contributed by atoms with E-state index in [-0.39, 0.29) is 0 Å². The first-order valence-corrected chi connectivity index (χ1v) is 5.85. The van der Waals surface area contributed by atoms with Gasteiger partial charge in [-0.15, -0.1) is 0 Å². The first-order chi connectivity index (χ1) is 7.61. The number of hydrogen-bond acceptors (Lipinski definition) is 2. The van der Waals surface area contributed by atoms with Crippen molar-refractivity contribution in [2.75, 3.05) is 7.11 Å². The van der Waals surface area contributed by atoms with Gasteiger partial charge in [-0.1, -0.05) is 11.6 Å². The number of ether oxygens (including phenoxy) is 1. The average molecular weight is 302 g/mol. The van der Waals surface area contributed by atoms with Gasteiger partial charge >= 0.3 is 0 Å². The van der Waals surface area contributed by atoms with Crippen molar-refractivity contribution in [3.63, 3.8) is 0 Å². The summed E-state index contributed by atoms with van der Waals surface area (Å²) in [6, 6.07) is 5.58. The molecule has 1 aromatic heterocycles. The fourth-order valence-corrected chi connectivity index (χ4v) is 2.33. The van der Waals surface area contributed by atoms with Crippen molar-refractivity contribution < 1.29 is 4.74 Å². The van der Waals surface area contributed by atoms with Gasteiger partial charge in [0, 0.05) is 5.56 Å². The van der Waals surface area contributed by atoms with E-state index in [1.807, 2.05) is 25.1 Å². The average Bonchev–Trinajstić information content (AvgIpc) is 2.58. The molecule has 0 fully saturated rings. The lowest BCUT2D eigenvalue weighted by molar-refractivity contribution is 0.415. The van der Waals surface area contributed by atoms with Crippen molar-refractivity contribution in [1.29, 1.82) is 0 Å². The van der Waals surface area contributed by atoms with E-state index in [1.165, 1.54) is 0 Å². The fourth-order valence-electron chi connectivity index (χ4n) is 1.47. The number of benzene rings is 1. The van der Waals surface area contributed by atoms with E-state index in [0.717, 1.165) is 21.7 Å². The van der Waals surface area contributed by atoms with Crippen molar-refractivity contribution in [1.82, 2.24) is 9.97 Å². The topological polar surface area (TPSA) is 37.9 Å². The zero-order chi connectivity index (χ0) is 11.7. The van der Waals surface area contributed by atoms with Crippen LogP contribution in [0.4, 0.5) is 0 Å². The molecule has 3 nitrogen and oxygen atoms in total. The molecule has 16 heavy (non-hydrogen) atoms. The Kier molecular flexibility index (Phi) is 3.21. The van der Waals surface area contributed by atoms with E-state index in [1.54, 1.807) is 7.11 Å². The molecule has 0 aliphatic heterocycles.